The van der Waals surface area contributed by atoms with Crippen LogP contribution >= 0.6 is 11.6 Å². The van der Waals surface area contributed by atoms with E-state index in [2.05, 4.69) is 10.5 Å². The maximum Gasteiger partial charge on any atom is 0.257 e. The monoisotopic (exact) mass is 388 g/mol. The highest BCUT2D eigenvalue weighted by molar-refractivity contribution is 6.33. The predicted molar refractivity (Wildman–Crippen MR) is 100.0 cm³/mol. The second kappa shape index (κ2) is 8.33. The minimum atomic E-state index is -0.574. The van der Waals surface area contributed by atoms with Crippen LogP contribution in [-0.2, 0) is 17.9 Å². The largest absolute Gasteiger partial charge is 0.380 e. The number of ether oxygens (including phenoxy) is 1. The molecule has 3 aromatic rings. The zero-order chi connectivity index (χ0) is 19.4. The van der Waals surface area contributed by atoms with Crippen LogP contribution in [0.15, 0.2) is 47.0 Å². The van der Waals surface area contributed by atoms with Gasteiger partial charge in [-0.05, 0) is 30.2 Å². The lowest BCUT2D eigenvalue weighted by molar-refractivity contribution is 0.0949. The van der Waals surface area contributed by atoms with Gasteiger partial charge in [-0.1, -0.05) is 47.1 Å². The molecule has 3 rings (SSSR count). The summed E-state index contributed by atoms with van der Waals surface area (Å²) in [5, 5.41) is 6.84. The summed E-state index contributed by atoms with van der Waals surface area (Å²) in [7, 11) is 1.61. The lowest BCUT2D eigenvalue weighted by atomic mass is 10.0. The number of rotatable bonds is 6. The van der Waals surface area contributed by atoms with E-state index in [-0.39, 0.29) is 34.1 Å². The smallest absolute Gasteiger partial charge is 0.257 e. The van der Waals surface area contributed by atoms with E-state index >= 15 is 0 Å². The minimum absolute atomic E-state index is 0.0425. The number of nitrogens with one attached hydrogen (secondary N) is 1. The van der Waals surface area contributed by atoms with Gasteiger partial charge in [-0.25, -0.2) is 4.39 Å². The van der Waals surface area contributed by atoms with Gasteiger partial charge >= 0.3 is 0 Å². The lowest BCUT2D eigenvalue weighted by Crippen LogP contribution is -2.24. The van der Waals surface area contributed by atoms with Crippen molar-refractivity contribution in [2.45, 2.75) is 20.1 Å². The first-order valence-corrected chi connectivity index (χ1v) is 8.65. The Hall–Kier alpha value is -2.70. The first-order chi connectivity index (χ1) is 13.0. The molecule has 0 bridgehead atoms. The SMILES string of the molecule is COCc1ccccc1CNC(=O)c1c(-c2c(F)cccc2Cl)noc1C. The van der Waals surface area contributed by atoms with Crippen LogP contribution in [-0.4, -0.2) is 18.2 Å². The zero-order valence-electron chi connectivity index (χ0n) is 14.9. The van der Waals surface area contributed by atoms with Gasteiger partial charge in [0.1, 0.15) is 22.8 Å². The van der Waals surface area contributed by atoms with E-state index in [1.54, 1.807) is 14.0 Å². The Balaban J connectivity index is 1.88. The first kappa shape index (κ1) is 19.1. The van der Waals surface area contributed by atoms with E-state index in [0.29, 0.717) is 6.61 Å². The number of halogens is 2. The van der Waals surface area contributed by atoms with Crippen LogP contribution in [0.5, 0.6) is 0 Å². The molecule has 2 aromatic carbocycles. The summed E-state index contributed by atoms with van der Waals surface area (Å²) in [6.45, 7) is 2.32. The average molecular weight is 389 g/mol. The number of amides is 1. The van der Waals surface area contributed by atoms with Gasteiger partial charge in [0, 0.05) is 13.7 Å². The highest BCUT2D eigenvalue weighted by Crippen LogP contribution is 2.33. The van der Waals surface area contributed by atoms with Crippen LogP contribution in [0, 0.1) is 12.7 Å². The molecule has 1 N–H and O–H groups in total. The lowest BCUT2D eigenvalue weighted by Gasteiger charge is -2.11. The fraction of sp³-hybridized carbons (Fsp3) is 0.200. The quantitative estimate of drug-likeness (QED) is 0.674. The molecule has 1 amide bonds. The van der Waals surface area contributed by atoms with Crippen LogP contribution in [0.2, 0.25) is 5.02 Å². The Labute approximate surface area is 161 Å². The van der Waals surface area contributed by atoms with Gasteiger partial charge in [0.2, 0.25) is 0 Å². The number of hydrogen-bond acceptors (Lipinski definition) is 4. The molecule has 0 aliphatic carbocycles. The molecule has 140 valence electrons. The molecule has 0 aliphatic rings. The topological polar surface area (TPSA) is 64.4 Å². The molecule has 0 radical (unpaired) electrons. The van der Waals surface area contributed by atoms with Crippen molar-refractivity contribution in [2.75, 3.05) is 7.11 Å². The van der Waals surface area contributed by atoms with Gasteiger partial charge in [-0.2, -0.15) is 0 Å². The number of methoxy groups -OCH3 is 1. The second-order valence-corrected chi connectivity index (χ2v) is 6.35. The summed E-state index contributed by atoms with van der Waals surface area (Å²) in [5.74, 6) is -0.711. The molecule has 0 aliphatic heterocycles. The van der Waals surface area contributed by atoms with E-state index in [0.717, 1.165) is 11.1 Å². The number of nitrogens with zero attached hydrogens (tertiary/aromatic N) is 1. The normalized spacial score (nSPS) is 10.8. The summed E-state index contributed by atoms with van der Waals surface area (Å²) >= 11 is 6.11. The molecular weight excluding hydrogens is 371 g/mol. The van der Waals surface area contributed by atoms with Crippen molar-refractivity contribution in [1.29, 1.82) is 0 Å². The zero-order valence-corrected chi connectivity index (χ0v) is 15.6. The van der Waals surface area contributed by atoms with Crippen molar-refractivity contribution < 1.29 is 18.4 Å². The van der Waals surface area contributed by atoms with Crippen LogP contribution < -0.4 is 5.32 Å². The van der Waals surface area contributed by atoms with Crippen LogP contribution in [0.1, 0.15) is 27.2 Å². The fourth-order valence-electron chi connectivity index (χ4n) is 2.82. The summed E-state index contributed by atoms with van der Waals surface area (Å²) in [5.41, 5.74) is 2.18. The van der Waals surface area contributed by atoms with Crippen molar-refractivity contribution in [3.8, 4) is 11.3 Å². The highest BCUT2D eigenvalue weighted by atomic mass is 35.5. The van der Waals surface area contributed by atoms with E-state index in [9.17, 15) is 9.18 Å². The number of benzene rings is 2. The molecule has 7 heteroatoms. The Morgan fingerprint density at radius 1 is 1.22 bits per heavy atom. The first-order valence-electron chi connectivity index (χ1n) is 8.27. The van der Waals surface area contributed by atoms with Gasteiger partial charge in [0.05, 0.1) is 17.2 Å². The van der Waals surface area contributed by atoms with Crippen molar-refractivity contribution in [3.63, 3.8) is 0 Å². The van der Waals surface area contributed by atoms with E-state index < -0.39 is 11.7 Å². The Bertz CT molecular complexity index is 951. The van der Waals surface area contributed by atoms with Gasteiger partial charge in [0.15, 0.2) is 0 Å². The Morgan fingerprint density at radius 3 is 2.67 bits per heavy atom. The van der Waals surface area contributed by atoms with Crippen molar-refractivity contribution >= 4 is 17.5 Å². The Kier molecular flexibility index (Phi) is 5.88. The fourth-order valence-corrected chi connectivity index (χ4v) is 3.08. The molecule has 0 fully saturated rings. The van der Waals surface area contributed by atoms with Crippen LogP contribution in [0.4, 0.5) is 4.39 Å². The summed E-state index contributed by atoms with van der Waals surface area (Å²) < 4.78 is 24.6. The van der Waals surface area contributed by atoms with Crippen molar-refractivity contribution in [1.82, 2.24) is 10.5 Å². The standard InChI is InChI=1S/C20H18ClFN2O3/c1-12-17(19(24-27-12)18-15(21)8-5-9-16(18)22)20(25)23-10-13-6-3-4-7-14(13)11-26-2/h3-9H,10-11H2,1-2H3,(H,23,25). The van der Waals surface area contributed by atoms with E-state index in [4.69, 9.17) is 20.9 Å². The molecule has 1 heterocycles. The predicted octanol–water partition coefficient (Wildman–Crippen LogP) is 4.52. The number of carbonyl (C=O) groups excluding carboxylic acids is 1. The summed E-state index contributed by atoms with van der Waals surface area (Å²) in [6, 6.07) is 11.9. The highest BCUT2D eigenvalue weighted by Gasteiger charge is 2.25. The van der Waals surface area contributed by atoms with Gasteiger partial charge < -0.3 is 14.6 Å². The molecule has 0 atom stereocenters. The van der Waals surface area contributed by atoms with Gasteiger partial charge in [0.25, 0.3) is 5.91 Å². The third kappa shape index (κ3) is 4.02. The third-order valence-corrected chi connectivity index (χ3v) is 4.46. The maximum absolute atomic E-state index is 14.3. The van der Waals surface area contributed by atoms with E-state index in [1.165, 1.54) is 18.2 Å². The molecule has 0 saturated carbocycles. The Morgan fingerprint density at radius 2 is 1.96 bits per heavy atom. The van der Waals surface area contributed by atoms with Gasteiger partial charge in [-0.3, -0.25) is 4.79 Å². The molecule has 0 saturated heterocycles. The molecule has 1 aromatic heterocycles. The number of hydrogen-bond donors (Lipinski definition) is 1. The summed E-state index contributed by atoms with van der Waals surface area (Å²) in [4.78, 5) is 12.8. The molecule has 5 nitrogen and oxygen atoms in total. The van der Waals surface area contributed by atoms with Crippen molar-refractivity contribution in [2.24, 2.45) is 0 Å². The third-order valence-electron chi connectivity index (χ3n) is 4.15. The number of carbonyl (C=O) groups is 1. The minimum Gasteiger partial charge on any atom is -0.380 e. The van der Waals surface area contributed by atoms with E-state index in [1.807, 2.05) is 24.3 Å². The molecular formula is C20H18ClFN2O3. The van der Waals surface area contributed by atoms with Crippen molar-refractivity contribution in [3.05, 3.63) is 75.8 Å². The number of aromatic nitrogens is 1. The average Bonchev–Trinajstić information content (AvgIpc) is 3.02. The van der Waals surface area contributed by atoms with Crippen LogP contribution in [0.25, 0.3) is 11.3 Å². The van der Waals surface area contributed by atoms with Gasteiger partial charge in [-0.15, -0.1) is 0 Å². The molecule has 0 spiro atoms. The second-order valence-electron chi connectivity index (χ2n) is 5.94. The molecule has 27 heavy (non-hydrogen) atoms. The summed E-state index contributed by atoms with van der Waals surface area (Å²) in [6.07, 6.45) is 0. The molecule has 0 unspecified atom stereocenters. The maximum atomic E-state index is 14.3. The van der Waals surface area contributed by atoms with Crippen LogP contribution in [0.3, 0.4) is 0 Å². The number of aryl methyl sites for hydroxylation is 1.